The van der Waals surface area contributed by atoms with E-state index < -0.39 is 10.1 Å². The Labute approximate surface area is 128 Å². The molecular formula is C16H25NO3S. The van der Waals surface area contributed by atoms with Gasteiger partial charge in [-0.05, 0) is 36.8 Å². The van der Waals surface area contributed by atoms with Crippen LogP contribution in [0, 0.1) is 0 Å². The van der Waals surface area contributed by atoms with Gasteiger partial charge in [0.15, 0.2) is 0 Å². The fourth-order valence-electron chi connectivity index (χ4n) is 2.74. The van der Waals surface area contributed by atoms with Crippen LogP contribution in [0.25, 0.3) is 0 Å². The van der Waals surface area contributed by atoms with Crippen molar-refractivity contribution in [3.63, 3.8) is 0 Å². The highest BCUT2D eigenvalue weighted by atomic mass is 32.2. The highest BCUT2D eigenvalue weighted by Gasteiger charge is 2.30. The van der Waals surface area contributed by atoms with Crippen molar-refractivity contribution in [2.45, 2.75) is 52.0 Å². The minimum atomic E-state index is -3.46. The lowest BCUT2D eigenvalue weighted by atomic mass is 10.1. The van der Waals surface area contributed by atoms with Gasteiger partial charge < -0.3 is 0 Å². The van der Waals surface area contributed by atoms with E-state index in [9.17, 15) is 8.42 Å². The molecule has 0 heterocycles. The summed E-state index contributed by atoms with van der Waals surface area (Å²) >= 11 is 0. The maximum Gasteiger partial charge on any atom is 0.283 e. The molecule has 0 fully saturated rings. The van der Waals surface area contributed by atoms with Gasteiger partial charge in [-0.3, -0.25) is 0 Å². The molecule has 0 aliphatic heterocycles. The first kappa shape index (κ1) is 16.5. The summed E-state index contributed by atoms with van der Waals surface area (Å²) in [6.45, 7) is 4.66. The molecule has 0 radical (unpaired) electrons. The second kappa shape index (κ2) is 7.38. The van der Waals surface area contributed by atoms with Crippen LogP contribution in [0.4, 0.5) is 0 Å². The molecule has 0 saturated carbocycles. The molecule has 118 valence electrons. The van der Waals surface area contributed by atoms with Crippen molar-refractivity contribution >= 4 is 10.1 Å². The Morgan fingerprint density at radius 1 is 1.14 bits per heavy atom. The van der Waals surface area contributed by atoms with Gasteiger partial charge in [-0.2, -0.15) is 17.8 Å². The number of hydroxylamine groups is 2. The molecule has 0 unspecified atom stereocenters. The summed E-state index contributed by atoms with van der Waals surface area (Å²) in [5, 5.41) is 1.69. The van der Waals surface area contributed by atoms with Gasteiger partial charge in [0.05, 0.1) is 5.75 Å². The topological polar surface area (TPSA) is 46.6 Å². The van der Waals surface area contributed by atoms with Crippen LogP contribution in [-0.2, 0) is 27.2 Å². The van der Waals surface area contributed by atoms with Crippen molar-refractivity contribution in [2.75, 3.05) is 12.3 Å². The summed E-state index contributed by atoms with van der Waals surface area (Å²) in [7, 11) is -3.46. The standard InChI is InChI=1S/C16H25NO3S/c1-3-5-11-21(18,19)20-17(10-4-2)16-12-14-8-6-7-9-15(14)13-16/h6-9,16H,3-5,10-13H2,1-2H3. The zero-order valence-corrected chi connectivity index (χ0v) is 13.7. The monoisotopic (exact) mass is 311 g/mol. The van der Waals surface area contributed by atoms with E-state index in [-0.39, 0.29) is 11.8 Å². The molecule has 0 aromatic heterocycles. The summed E-state index contributed by atoms with van der Waals surface area (Å²) in [4.78, 5) is 0. The Balaban J connectivity index is 2.04. The van der Waals surface area contributed by atoms with Gasteiger partial charge in [0.25, 0.3) is 10.1 Å². The molecule has 1 aromatic rings. The predicted molar refractivity (Wildman–Crippen MR) is 84.4 cm³/mol. The van der Waals surface area contributed by atoms with E-state index in [1.165, 1.54) is 11.1 Å². The maximum atomic E-state index is 12.0. The second-order valence-electron chi connectivity index (χ2n) is 5.66. The van der Waals surface area contributed by atoms with Gasteiger partial charge in [0.2, 0.25) is 0 Å². The largest absolute Gasteiger partial charge is 0.283 e. The van der Waals surface area contributed by atoms with Gasteiger partial charge in [-0.15, -0.1) is 0 Å². The van der Waals surface area contributed by atoms with E-state index in [1.807, 2.05) is 26.0 Å². The van der Waals surface area contributed by atoms with E-state index in [0.29, 0.717) is 13.0 Å². The number of rotatable bonds is 8. The normalized spacial score (nSPS) is 15.6. The molecule has 0 bridgehead atoms. The van der Waals surface area contributed by atoms with Crippen LogP contribution >= 0.6 is 0 Å². The number of unbranched alkanes of at least 4 members (excludes halogenated alkanes) is 1. The second-order valence-corrected chi connectivity index (χ2v) is 7.33. The summed E-state index contributed by atoms with van der Waals surface area (Å²) in [6.07, 6.45) is 4.09. The van der Waals surface area contributed by atoms with Crippen LogP contribution in [-0.4, -0.2) is 31.8 Å². The van der Waals surface area contributed by atoms with Gasteiger partial charge >= 0.3 is 0 Å². The summed E-state index contributed by atoms with van der Waals surface area (Å²) in [6, 6.07) is 8.42. The molecule has 0 atom stereocenters. The molecule has 5 heteroatoms. The van der Waals surface area contributed by atoms with Crippen LogP contribution in [0.3, 0.4) is 0 Å². The van der Waals surface area contributed by atoms with Crippen LogP contribution < -0.4 is 0 Å². The van der Waals surface area contributed by atoms with E-state index >= 15 is 0 Å². The molecule has 21 heavy (non-hydrogen) atoms. The van der Waals surface area contributed by atoms with Crippen molar-refractivity contribution in [1.29, 1.82) is 0 Å². The number of hydrogen-bond donors (Lipinski definition) is 0. The fourth-order valence-corrected chi connectivity index (χ4v) is 3.95. The number of hydrogen-bond acceptors (Lipinski definition) is 4. The van der Waals surface area contributed by atoms with Crippen molar-refractivity contribution in [1.82, 2.24) is 5.06 Å². The first-order chi connectivity index (χ1) is 10.1. The molecule has 1 aliphatic rings. The number of benzene rings is 1. The lowest BCUT2D eigenvalue weighted by Gasteiger charge is -2.26. The van der Waals surface area contributed by atoms with E-state index in [1.54, 1.807) is 5.06 Å². The van der Waals surface area contributed by atoms with Gasteiger partial charge in [0.1, 0.15) is 0 Å². The van der Waals surface area contributed by atoms with E-state index in [2.05, 4.69) is 12.1 Å². The van der Waals surface area contributed by atoms with Gasteiger partial charge in [-0.1, -0.05) is 44.5 Å². The Morgan fingerprint density at radius 3 is 2.29 bits per heavy atom. The zero-order chi connectivity index (χ0) is 15.3. The molecule has 0 saturated heterocycles. The smallest absolute Gasteiger partial charge is 0.198 e. The fraction of sp³-hybridized carbons (Fsp3) is 0.625. The molecule has 1 aliphatic carbocycles. The lowest BCUT2D eigenvalue weighted by molar-refractivity contribution is -0.0863. The molecule has 2 rings (SSSR count). The predicted octanol–water partition coefficient (Wildman–Crippen LogP) is 2.93. The Bertz CT molecular complexity index is 531. The quantitative estimate of drug-likeness (QED) is 0.693. The van der Waals surface area contributed by atoms with Gasteiger partial charge in [0, 0.05) is 12.6 Å². The van der Waals surface area contributed by atoms with E-state index in [4.69, 9.17) is 4.28 Å². The maximum absolute atomic E-state index is 12.0. The Hall–Kier alpha value is -0.910. The third-order valence-electron chi connectivity index (χ3n) is 3.84. The number of fused-ring (bicyclic) bond motifs is 1. The first-order valence-corrected chi connectivity index (χ1v) is 9.39. The Kier molecular flexibility index (Phi) is 5.79. The van der Waals surface area contributed by atoms with Crippen molar-refractivity contribution in [3.8, 4) is 0 Å². The van der Waals surface area contributed by atoms with Crippen LogP contribution in [0.5, 0.6) is 0 Å². The van der Waals surface area contributed by atoms with Crippen molar-refractivity contribution < 1.29 is 12.7 Å². The molecule has 0 N–H and O–H groups in total. The van der Waals surface area contributed by atoms with Crippen LogP contribution in [0.1, 0.15) is 44.2 Å². The van der Waals surface area contributed by atoms with E-state index in [0.717, 1.165) is 25.7 Å². The van der Waals surface area contributed by atoms with Crippen molar-refractivity contribution in [2.24, 2.45) is 0 Å². The minimum Gasteiger partial charge on any atom is -0.198 e. The SMILES string of the molecule is CCCCS(=O)(=O)ON(CCC)C1Cc2ccccc2C1. The average Bonchev–Trinajstić information content (AvgIpc) is 2.88. The van der Waals surface area contributed by atoms with Crippen LogP contribution in [0.15, 0.2) is 24.3 Å². The third kappa shape index (κ3) is 4.53. The van der Waals surface area contributed by atoms with Crippen molar-refractivity contribution in [3.05, 3.63) is 35.4 Å². The highest BCUT2D eigenvalue weighted by Crippen LogP contribution is 2.26. The van der Waals surface area contributed by atoms with Crippen LogP contribution in [0.2, 0.25) is 0 Å². The minimum absolute atomic E-state index is 0.101. The zero-order valence-electron chi connectivity index (χ0n) is 12.9. The highest BCUT2D eigenvalue weighted by molar-refractivity contribution is 7.86. The summed E-state index contributed by atoms with van der Waals surface area (Å²) in [5.74, 6) is 0.101. The molecular weight excluding hydrogens is 286 g/mol. The Morgan fingerprint density at radius 2 is 1.76 bits per heavy atom. The molecule has 4 nitrogen and oxygen atoms in total. The molecule has 0 amide bonds. The first-order valence-electron chi connectivity index (χ1n) is 7.81. The lowest BCUT2D eigenvalue weighted by Crippen LogP contribution is -2.39. The summed E-state index contributed by atoms with van der Waals surface area (Å²) < 4.78 is 29.5. The average molecular weight is 311 g/mol. The summed E-state index contributed by atoms with van der Waals surface area (Å²) in [5.41, 5.74) is 2.61. The molecule has 1 aromatic carbocycles. The number of nitrogens with zero attached hydrogens (tertiary/aromatic N) is 1. The third-order valence-corrected chi connectivity index (χ3v) is 5.05. The molecule has 0 spiro atoms. The van der Waals surface area contributed by atoms with Gasteiger partial charge in [-0.25, -0.2) is 0 Å².